The molecule has 2 aliphatic rings. The number of imidazole rings is 1. The maximum Gasteiger partial charge on any atom is 0.338 e. The largest absolute Gasteiger partial charge is 0.457 e. The van der Waals surface area contributed by atoms with Crippen LogP contribution in [-0.4, -0.2) is 45.0 Å². The molecule has 160 valence electrons. The molecule has 2 aromatic heterocycles. The minimum absolute atomic E-state index is 0.140. The molecule has 0 amide bonds. The second-order valence-electron chi connectivity index (χ2n) is 8.20. The molecule has 1 atom stereocenters. The predicted molar refractivity (Wildman–Crippen MR) is 112 cm³/mol. The van der Waals surface area contributed by atoms with E-state index in [1.54, 1.807) is 29.4 Å². The Labute approximate surface area is 179 Å². The van der Waals surface area contributed by atoms with E-state index < -0.39 is 0 Å². The number of ether oxygens (including phenoxy) is 1. The Bertz CT molecular complexity index is 1160. The summed E-state index contributed by atoms with van der Waals surface area (Å²) in [5, 5.41) is 3.57. The summed E-state index contributed by atoms with van der Waals surface area (Å²) in [6.07, 6.45) is 5.05. The summed E-state index contributed by atoms with van der Waals surface area (Å²) >= 11 is 0. The Morgan fingerprint density at radius 1 is 1.29 bits per heavy atom. The number of aryl methyl sites for hydroxylation is 1. The number of hydrogen-bond donors (Lipinski definition) is 1. The Kier molecular flexibility index (Phi) is 5.03. The van der Waals surface area contributed by atoms with Crippen molar-refractivity contribution < 1.29 is 13.9 Å². The molecular weight excluding hydrogens is 397 g/mol. The molecule has 1 aromatic carbocycles. The maximum absolute atomic E-state index is 14.7. The monoisotopic (exact) mass is 421 g/mol. The van der Waals surface area contributed by atoms with Gasteiger partial charge in [-0.3, -0.25) is 9.47 Å². The fourth-order valence-corrected chi connectivity index (χ4v) is 4.45. The number of nitrogens with zero attached hydrogens (tertiary/aromatic N) is 4. The third kappa shape index (κ3) is 3.73. The van der Waals surface area contributed by atoms with E-state index in [9.17, 15) is 9.18 Å². The van der Waals surface area contributed by atoms with Crippen molar-refractivity contribution >= 4 is 5.97 Å². The van der Waals surface area contributed by atoms with Crippen LogP contribution in [0.15, 0.2) is 36.9 Å². The zero-order valence-electron chi connectivity index (χ0n) is 17.6. The molecule has 2 aliphatic heterocycles. The van der Waals surface area contributed by atoms with E-state index in [4.69, 9.17) is 4.74 Å². The lowest BCUT2D eigenvalue weighted by molar-refractivity contribution is 0.0535. The number of fused-ring (bicyclic) bond motifs is 1. The van der Waals surface area contributed by atoms with Crippen molar-refractivity contribution in [3.63, 3.8) is 0 Å². The summed E-state index contributed by atoms with van der Waals surface area (Å²) in [6.45, 7) is 7.36. The highest BCUT2D eigenvalue weighted by Gasteiger charge is 2.28. The minimum Gasteiger partial charge on any atom is -0.457 e. The summed E-state index contributed by atoms with van der Waals surface area (Å²) in [6, 6.07) is 5.58. The Balaban J connectivity index is 1.31. The lowest BCUT2D eigenvalue weighted by atomic mass is 9.93. The van der Waals surface area contributed by atoms with Gasteiger partial charge in [-0.25, -0.2) is 19.2 Å². The minimum atomic E-state index is -0.360. The normalized spacial score (nSPS) is 18.8. The van der Waals surface area contributed by atoms with Gasteiger partial charge in [0.2, 0.25) is 0 Å². The van der Waals surface area contributed by atoms with Gasteiger partial charge in [-0.2, -0.15) is 0 Å². The lowest BCUT2D eigenvalue weighted by Gasteiger charge is -2.34. The SMILES string of the molecule is Cc1cn(-c2ncc(CN3CCNC(c4ccc5c(c4C)COC5=O)C3)cc2F)cn1. The number of cyclic esters (lactones) is 1. The van der Waals surface area contributed by atoms with Crippen molar-refractivity contribution in [1.82, 2.24) is 24.8 Å². The van der Waals surface area contributed by atoms with Crippen LogP contribution in [-0.2, 0) is 17.9 Å². The van der Waals surface area contributed by atoms with Gasteiger partial charge in [-0.05, 0) is 42.7 Å². The van der Waals surface area contributed by atoms with Crippen LogP contribution in [0, 0.1) is 19.7 Å². The van der Waals surface area contributed by atoms with E-state index in [1.807, 2.05) is 26.0 Å². The van der Waals surface area contributed by atoms with Gasteiger partial charge in [0.15, 0.2) is 11.6 Å². The van der Waals surface area contributed by atoms with Crippen LogP contribution < -0.4 is 5.32 Å². The number of esters is 1. The first-order valence-electron chi connectivity index (χ1n) is 10.4. The molecule has 1 saturated heterocycles. The fraction of sp³-hybridized carbons (Fsp3) is 0.348. The predicted octanol–water partition coefficient (Wildman–Crippen LogP) is 2.84. The van der Waals surface area contributed by atoms with Crippen molar-refractivity contribution in [1.29, 1.82) is 0 Å². The zero-order chi connectivity index (χ0) is 21.5. The number of benzene rings is 1. The molecule has 31 heavy (non-hydrogen) atoms. The van der Waals surface area contributed by atoms with Gasteiger partial charge in [-0.1, -0.05) is 6.07 Å². The molecule has 4 heterocycles. The van der Waals surface area contributed by atoms with Crippen LogP contribution in [0.25, 0.3) is 5.82 Å². The molecule has 0 aliphatic carbocycles. The molecule has 0 spiro atoms. The number of carbonyl (C=O) groups is 1. The molecule has 0 bridgehead atoms. The number of piperazine rings is 1. The number of nitrogens with one attached hydrogen (secondary N) is 1. The molecule has 3 aromatic rings. The average Bonchev–Trinajstić information content (AvgIpc) is 3.35. The Morgan fingerprint density at radius 3 is 2.94 bits per heavy atom. The third-order valence-electron chi connectivity index (χ3n) is 6.08. The van der Waals surface area contributed by atoms with Gasteiger partial charge in [0.1, 0.15) is 12.9 Å². The highest BCUT2D eigenvalue weighted by molar-refractivity contribution is 5.94. The zero-order valence-corrected chi connectivity index (χ0v) is 17.6. The number of hydrogen-bond acceptors (Lipinski definition) is 6. The Morgan fingerprint density at radius 2 is 2.16 bits per heavy atom. The van der Waals surface area contributed by atoms with Crippen LogP contribution in [0.2, 0.25) is 0 Å². The quantitative estimate of drug-likeness (QED) is 0.654. The first-order chi connectivity index (χ1) is 15.0. The molecule has 8 heteroatoms. The van der Waals surface area contributed by atoms with Crippen LogP contribution in [0.5, 0.6) is 0 Å². The van der Waals surface area contributed by atoms with E-state index in [2.05, 4.69) is 20.2 Å². The van der Waals surface area contributed by atoms with Gasteiger partial charge in [-0.15, -0.1) is 0 Å². The first-order valence-corrected chi connectivity index (χ1v) is 10.4. The molecule has 0 saturated carbocycles. The van der Waals surface area contributed by atoms with Gasteiger partial charge in [0.05, 0.1) is 11.3 Å². The van der Waals surface area contributed by atoms with E-state index >= 15 is 0 Å². The summed E-state index contributed by atoms with van der Waals surface area (Å²) in [5.41, 5.74) is 5.59. The van der Waals surface area contributed by atoms with Crippen molar-refractivity contribution in [3.8, 4) is 5.82 Å². The van der Waals surface area contributed by atoms with E-state index in [0.29, 0.717) is 18.7 Å². The summed E-state index contributed by atoms with van der Waals surface area (Å²) in [7, 11) is 0. The number of aromatic nitrogens is 3. The number of carbonyl (C=O) groups excluding carboxylic acids is 1. The average molecular weight is 421 g/mol. The van der Waals surface area contributed by atoms with E-state index in [-0.39, 0.29) is 23.6 Å². The van der Waals surface area contributed by atoms with E-state index in [0.717, 1.165) is 42.0 Å². The van der Waals surface area contributed by atoms with Crippen LogP contribution in [0.4, 0.5) is 4.39 Å². The van der Waals surface area contributed by atoms with Crippen molar-refractivity contribution in [2.45, 2.75) is 33.0 Å². The molecular formula is C23H24FN5O2. The van der Waals surface area contributed by atoms with Crippen LogP contribution in [0.1, 0.15) is 44.3 Å². The van der Waals surface area contributed by atoms with Crippen molar-refractivity contribution in [2.24, 2.45) is 0 Å². The van der Waals surface area contributed by atoms with Gasteiger partial charge >= 0.3 is 5.97 Å². The second-order valence-corrected chi connectivity index (χ2v) is 8.20. The standard InChI is InChI=1S/C23H24FN5O2/c1-14-9-29(13-27-14)22-20(24)7-16(8-26-22)10-28-6-5-25-21(11-28)17-3-4-18-19(15(17)2)12-31-23(18)30/h3-4,7-9,13,21,25H,5-6,10-12H2,1-2H3. The van der Waals surface area contributed by atoms with Crippen LogP contribution in [0.3, 0.4) is 0 Å². The second kappa shape index (κ2) is 7.86. The summed E-state index contributed by atoms with van der Waals surface area (Å²) in [5.74, 6) is -0.347. The molecule has 0 radical (unpaired) electrons. The molecule has 5 rings (SSSR count). The highest BCUT2D eigenvalue weighted by atomic mass is 19.1. The van der Waals surface area contributed by atoms with Crippen molar-refractivity contribution in [2.75, 3.05) is 19.6 Å². The molecule has 1 fully saturated rings. The molecule has 1 unspecified atom stereocenters. The summed E-state index contributed by atoms with van der Waals surface area (Å²) < 4.78 is 21.5. The highest BCUT2D eigenvalue weighted by Crippen LogP contribution is 2.30. The maximum atomic E-state index is 14.7. The number of rotatable bonds is 4. The first kappa shape index (κ1) is 19.8. The third-order valence-corrected chi connectivity index (χ3v) is 6.08. The smallest absolute Gasteiger partial charge is 0.338 e. The van der Waals surface area contributed by atoms with Crippen molar-refractivity contribution in [3.05, 3.63) is 76.2 Å². The van der Waals surface area contributed by atoms with Gasteiger partial charge in [0, 0.05) is 50.2 Å². The fourth-order valence-electron chi connectivity index (χ4n) is 4.45. The van der Waals surface area contributed by atoms with Crippen LogP contribution >= 0.6 is 0 Å². The molecule has 1 N–H and O–H groups in total. The summed E-state index contributed by atoms with van der Waals surface area (Å²) in [4.78, 5) is 22.6. The van der Waals surface area contributed by atoms with Gasteiger partial charge < -0.3 is 10.1 Å². The number of halogens is 1. The topological polar surface area (TPSA) is 72.3 Å². The lowest BCUT2D eigenvalue weighted by Crippen LogP contribution is -2.45. The molecule has 7 nitrogen and oxygen atoms in total. The van der Waals surface area contributed by atoms with E-state index in [1.165, 1.54) is 5.56 Å². The number of pyridine rings is 1. The van der Waals surface area contributed by atoms with Gasteiger partial charge in [0.25, 0.3) is 0 Å². The Hall–Kier alpha value is -3.10.